The smallest absolute Gasteiger partial charge is 0.406 e. The highest BCUT2D eigenvalue weighted by atomic mass is 19.4. The van der Waals surface area contributed by atoms with Crippen molar-refractivity contribution >= 4 is 5.91 Å². The van der Waals surface area contributed by atoms with Crippen LogP contribution in [-0.2, 0) is 11.2 Å². The molecule has 1 N–H and O–H groups in total. The lowest BCUT2D eigenvalue weighted by atomic mass is 10.1. The Bertz CT molecular complexity index is 520. The number of piperazine rings is 1. The summed E-state index contributed by atoms with van der Waals surface area (Å²) in [4.78, 5) is 13.9. The van der Waals surface area contributed by atoms with Crippen molar-refractivity contribution < 1.29 is 22.7 Å². The second-order valence-corrected chi connectivity index (χ2v) is 5.35. The molecule has 2 rings (SSSR count). The molecule has 0 aromatic heterocycles. The van der Waals surface area contributed by atoms with Gasteiger partial charge >= 0.3 is 6.36 Å². The Balaban J connectivity index is 1.95. The minimum absolute atomic E-state index is 0.0461. The molecule has 0 aliphatic carbocycles. The lowest BCUT2D eigenvalue weighted by molar-refractivity contribution is -0.274. The maximum atomic E-state index is 12.3. The van der Waals surface area contributed by atoms with E-state index in [2.05, 4.69) is 10.1 Å². The van der Waals surface area contributed by atoms with Crippen molar-refractivity contribution in [1.82, 2.24) is 10.2 Å². The van der Waals surface area contributed by atoms with Crippen LogP contribution in [0.4, 0.5) is 13.2 Å². The van der Waals surface area contributed by atoms with Crippen molar-refractivity contribution in [3.63, 3.8) is 0 Å². The van der Waals surface area contributed by atoms with Crippen molar-refractivity contribution in [3.05, 3.63) is 29.8 Å². The number of hydrogen-bond donors (Lipinski definition) is 1. The molecule has 22 heavy (non-hydrogen) atoms. The van der Waals surface area contributed by atoms with Crippen LogP contribution in [0.15, 0.2) is 24.3 Å². The SMILES string of the molecule is C[C@H]1CN(C(=O)CCc2ccccc2OC(F)(F)F)CCN1. The van der Waals surface area contributed by atoms with Crippen molar-refractivity contribution in [3.8, 4) is 5.75 Å². The number of para-hydroxylation sites is 1. The Morgan fingerprint density at radius 2 is 2.14 bits per heavy atom. The third-order valence-electron chi connectivity index (χ3n) is 3.53. The van der Waals surface area contributed by atoms with Gasteiger partial charge in [0.05, 0.1) is 0 Å². The predicted octanol–water partition coefficient (Wildman–Crippen LogP) is 2.34. The predicted molar refractivity (Wildman–Crippen MR) is 75.5 cm³/mol. The number of rotatable bonds is 4. The Morgan fingerprint density at radius 1 is 1.41 bits per heavy atom. The highest BCUT2D eigenvalue weighted by molar-refractivity contribution is 5.76. The van der Waals surface area contributed by atoms with Gasteiger partial charge in [-0.15, -0.1) is 13.2 Å². The second-order valence-electron chi connectivity index (χ2n) is 5.35. The Kier molecular flexibility index (Phi) is 5.28. The number of nitrogens with one attached hydrogen (secondary N) is 1. The first-order valence-corrected chi connectivity index (χ1v) is 7.20. The molecule has 122 valence electrons. The Hall–Kier alpha value is -1.76. The van der Waals surface area contributed by atoms with Crippen LogP contribution in [0.3, 0.4) is 0 Å². The van der Waals surface area contributed by atoms with Crippen LogP contribution in [0, 0.1) is 0 Å². The molecule has 4 nitrogen and oxygen atoms in total. The maximum absolute atomic E-state index is 12.3. The van der Waals surface area contributed by atoms with Gasteiger partial charge in [0.25, 0.3) is 0 Å². The van der Waals surface area contributed by atoms with Crippen LogP contribution >= 0.6 is 0 Å². The molecule has 1 saturated heterocycles. The molecular weight excluding hydrogens is 297 g/mol. The molecule has 0 bridgehead atoms. The molecule has 7 heteroatoms. The summed E-state index contributed by atoms with van der Waals surface area (Å²) in [5, 5.41) is 3.24. The Morgan fingerprint density at radius 3 is 2.82 bits per heavy atom. The van der Waals surface area contributed by atoms with Gasteiger partial charge in [0, 0.05) is 32.1 Å². The van der Waals surface area contributed by atoms with E-state index in [-0.39, 0.29) is 30.5 Å². The van der Waals surface area contributed by atoms with E-state index in [4.69, 9.17) is 0 Å². The summed E-state index contributed by atoms with van der Waals surface area (Å²) < 4.78 is 41.0. The molecule has 1 aliphatic rings. The number of benzene rings is 1. The average Bonchev–Trinajstić information content (AvgIpc) is 2.44. The molecular formula is C15H19F3N2O2. The molecule has 0 unspecified atom stereocenters. The van der Waals surface area contributed by atoms with Gasteiger partial charge in [0.15, 0.2) is 0 Å². The first-order valence-electron chi connectivity index (χ1n) is 7.20. The quantitative estimate of drug-likeness (QED) is 0.927. The van der Waals surface area contributed by atoms with Gasteiger partial charge < -0.3 is 15.0 Å². The van der Waals surface area contributed by atoms with Gasteiger partial charge in [0.2, 0.25) is 5.91 Å². The van der Waals surface area contributed by atoms with Crippen LogP contribution in [0.25, 0.3) is 0 Å². The summed E-state index contributed by atoms with van der Waals surface area (Å²) in [6, 6.07) is 6.16. The minimum Gasteiger partial charge on any atom is -0.406 e. The van der Waals surface area contributed by atoms with E-state index in [1.807, 2.05) is 6.92 Å². The molecule has 1 atom stereocenters. The molecule has 1 aromatic rings. The van der Waals surface area contributed by atoms with E-state index < -0.39 is 6.36 Å². The van der Waals surface area contributed by atoms with Gasteiger partial charge in [-0.3, -0.25) is 4.79 Å². The first-order chi connectivity index (χ1) is 10.3. The van der Waals surface area contributed by atoms with Gasteiger partial charge in [-0.25, -0.2) is 0 Å². The lowest BCUT2D eigenvalue weighted by Gasteiger charge is -2.32. The van der Waals surface area contributed by atoms with Crippen LogP contribution in [0.2, 0.25) is 0 Å². The normalized spacial score (nSPS) is 19.1. The fourth-order valence-corrected chi connectivity index (χ4v) is 2.49. The van der Waals surface area contributed by atoms with E-state index in [0.717, 1.165) is 6.54 Å². The summed E-state index contributed by atoms with van der Waals surface area (Å²) in [6.45, 7) is 3.98. The number of aryl methyl sites for hydroxylation is 1. The summed E-state index contributed by atoms with van der Waals surface area (Å²) in [5.74, 6) is -0.286. The number of halogens is 3. The minimum atomic E-state index is -4.73. The van der Waals surface area contributed by atoms with Gasteiger partial charge in [-0.1, -0.05) is 18.2 Å². The molecule has 1 aromatic carbocycles. The zero-order valence-electron chi connectivity index (χ0n) is 12.3. The molecule has 1 aliphatic heterocycles. The average molecular weight is 316 g/mol. The standard InChI is InChI=1S/C15H19F3N2O2/c1-11-10-20(9-8-19-11)14(21)7-6-12-4-2-3-5-13(12)22-15(16,17)18/h2-5,11,19H,6-10H2,1H3/t11-/m0/s1. The zero-order valence-corrected chi connectivity index (χ0v) is 12.3. The monoisotopic (exact) mass is 316 g/mol. The van der Waals surface area contributed by atoms with E-state index >= 15 is 0 Å². The number of nitrogens with zero attached hydrogens (tertiary/aromatic N) is 1. The Labute approximate surface area is 127 Å². The topological polar surface area (TPSA) is 41.6 Å². The fraction of sp³-hybridized carbons (Fsp3) is 0.533. The van der Waals surface area contributed by atoms with Crippen LogP contribution in [0.1, 0.15) is 18.9 Å². The lowest BCUT2D eigenvalue weighted by Crippen LogP contribution is -2.51. The van der Waals surface area contributed by atoms with E-state index in [0.29, 0.717) is 18.7 Å². The number of carbonyl (C=O) groups is 1. The number of carbonyl (C=O) groups excluding carboxylic acids is 1. The summed E-state index contributed by atoms with van der Waals surface area (Å²) in [7, 11) is 0. The molecule has 1 fully saturated rings. The molecule has 1 amide bonds. The van der Waals surface area contributed by atoms with Gasteiger partial charge in [-0.2, -0.15) is 0 Å². The first kappa shape index (κ1) is 16.6. The van der Waals surface area contributed by atoms with Crippen LogP contribution in [0.5, 0.6) is 5.75 Å². The van der Waals surface area contributed by atoms with Gasteiger partial charge in [-0.05, 0) is 25.0 Å². The van der Waals surface area contributed by atoms with E-state index in [1.165, 1.54) is 12.1 Å². The third kappa shape index (κ3) is 4.91. The maximum Gasteiger partial charge on any atom is 0.573 e. The zero-order chi connectivity index (χ0) is 16.2. The van der Waals surface area contributed by atoms with Gasteiger partial charge in [0.1, 0.15) is 5.75 Å². The van der Waals surface area contributed by atoms with Crippen molar-refractivity contribution in [1.29, 1.82) is 0 Å². The van der Waals surface area contributed by atoms with Crippen LogP contribution in [-0.4, -0.2) is 42.8 Å². The molecule has 1 heterocycles. The second kappa shape index (κ2) is 7.00. The molecule has 0 radical (unpaired) electrons. The van der Waals surface area contributed by atoms with Crippen LogP contribution < -0.4 is 10.1 Å². The van der Waals surface area contributed by atoms with E-state index in [1.54, 1.807) is 17.0 Å². The van der Waals surface area contributed by atoms with E-state index in [9.17, 15) is 18.0 Å². The van der Waals surface area contributed by atoms with Crippen molar-refractivity contribution in [2.24, 2.45) is 0 Å². The number of hydrogen-bond acceptors (Lipinski definition) is 3. The number of ether oxygens (including phenoxy) is 1. The summed E-state index contributed by atoms with van der Waals surface area (Å²) >= 11 is 0. The largest absolute Gasteiger partial charge is 0.573 e. The fourth-order valence-electron chi connectivity index (χ4n) is 2.49. The number of alkyl halides is 3. The van der Waals surface area contributed by atoms with Crippen molar-refractivity contribution in [2.45, 2.75) is 32.2 Å². The summed E-state index contributed by atoms with van der Waals surface area (Å²) in [5.41, 5.74) is 0.386. The molecule has 0 spiro atoms. The molecule has 0 saturated carbocycles. The highest BCUT2D eigenvalue weighted by Crippen LogP contribution is 2.27. The third-order valence-corrected chi connectivity index (χ3v) is 3.53. The summed E-state index contributed by atoms with van der Waals surface area (Å²) in [6.07, 6.45) is -4.33. The van der Waals surface area contributed by atoms with Crippen molar-refractivity contribution in [2.75, 3.05) is 19.6 Å². The highest BCUT2D eigenvalue weighted by Gasteiger charge is 2.32. The number of amides is 1.